The molecule has 5 nitrogen and oxygen atoms in total. The van der Waals surface area contributed by atoms with Crippen molar-refractivity contribution in [2.45, 2.75) is 18.6 Å². The largest absolute Gasteiger partial charge is 0.322 e. The molecule has 1 aromatic heterocycles. The Morgan fingerprint density at radius 2 is 2.18 bits per heavy atom. The van der Waals surface area contributed by atoms with Gasteiger partial charge in [-0.3, -0.25) is 15.0 Å². The number of nitrogens with zero attached hydrogens (tertiary/aromatic N) is 2. The standard InChI is InChI=1S/C16H18N3O2Si/c1-19-9-14-7-13(16(20)18-21)8-17-15(14)11-22(19)10-12-5-3-2-4-6-12/h2-8,21H,9-11H2,1H3,(H,18,20). The number of aromatic nitrogens is 1. The molecule has 2 N–H and O–H groups in total. The van der Waals surface area contributed by atoms with Gasteiger partial charge in [0.2, 0.25) is 0 Å². The molecule has 22 heavy (non-hydrogen) atoms. The summed E-state index contributed by atoms with van der Waals surface area (Å²) in [4.78, 5) is 15.9. The number of amides is 1. The van der Waals surface area contributed by atoms with E-state index in [-0.39, 0.29) is 0 Å². The summed E-state index contributed by atoms with van der Waals surface area (Å²) in [5, 5.41) is 8.72. The number of benzene rings is 1. The van der Waals surface area contributed by atoms with Crippen molar-refractivity contribution in [1.29, 1.82) is 0 Å². The number of hydrogen-bond acceptors (Lipinski definition) is 4. The first-order valence-electron chi connectivity index (χ1n) is 7.19. The number of nitrogens with one attached hydrogen (secondary N) is 1. The minimum atomic E-state index is -0.707. The van der Waals surface area contributed by atoms with Crippen LogP contribution in [-0.2, 0) is 18.6 Å². The van der Waals surface area contributed by atoms with Crippen LogP contribution < -0.4 is 5.48 Å². The van der Waals surface area contributed by atoms with E-state index in [4.69, 9.17) is 5.21 Å². The number of fused-ring (bicyclic) bond motifs is 1. The summed E-state index contributed by atoms with van der Waals surface area (Å²) in [5.41, 5.74) is 5.57. The molecule has 0 atom stereocenters. The lowest BCUT2D eigenvalue weighted by Crippen LogP contribution is -2.44. The van der Waals surface area contributed by atoms with E-state index in [1.807, 2.05) is 12.1 Å². The molecule has 0 spiro atoms. The zero-order chi connectivity index (χ0) is 15.5. The summed E-state index contributed by atoms with van der Waals surface area (Å²) in [6.45, 7) is 0.802. The molecule has 0 unspecified atom stereocenters. The molecule has 1 aliphatic heterocycles. The van der Waals surface area contributed by atoms with Gasteiger partial charge in [-0.25, -0.2) is 5.48 Å². The molecule has 1 aliphatic rings. The Labute approximate surface area is 131 Å². The molecule has 0 fully saturated rings. The maximum absolute atomic E-state index is 11.5. The van der Waals surface area contributed by atoms with Crippen molar-refractivity contribution in [3.63, 3.8) is 0 Å². The van der Waals surface area contributed by atoms with Crippen molar-refractivity contribution in [3.8, 4) is 0 Å². The molecule has 0 saturated heterocycles. The first-order chi connectivity index (χ1) is 10.7. The van der Waals surface area contributed by atoms with Gasteiger partial charge in [-0.15, -0.1) is 0 Å². The van der Waals surface area contributed by atoms with Gasteiger partial charge in [0.25, 0.3) is 5.91 Å². The summed E-state index contributed by atoms with van der Waals surface area (Å²) in [7, 11) is 1.43. The topological polar surface area (TPSA) is 65.5 Å². The van der Waals surface area contributed by atoms with Crippen molar-refractivity contribution in [2.24, 2.45) is 0 Å². The fourth-order valence-electron chi connectivity index (χ4n) is 2.75. The van der Waals surface area contributed by atoms with Gasteiger partial charge in [-0.1, -0.05) is 30.3 Å². The number of pyridine rings is 1. The normalized spacial score (nSPS) is 15.4. The molecule has 2 aromatic rings. The van der Waals surface area contributed by atoms with Gasteiger partial charge in [-0.05, 0) is 36.3 Å². The van der Waals surface area contributed by atoms with Gasteiger partial charge in [0, 0.05) is 18.4 Å². The Balaban J connectivity index is 1.79. The van der Waals surface area contributed by atoms with Crippen LogP contribution in [0.1, 0.15) is 27.2 Å². The average Bonchev–Trinajstić information content (AvgIpc) is 2.55. The fourth-order valence-corrected chi connectivity index (χ4v) is 5.22. The van der Waals surface area contributed by atoms with Crippen LogP contribution in [0.25, 0.3) is 0 Å². The number of carbonyl (C=O) groups is 1. The van der Waals surface area contributed by atoms with Crippen LogP contribution in [0.2, 0.25) is 0 Å². The van der Waals surface area contributed by atoms with E-state index >= 15 is 0 Å². The van der Waals surface area contributed by atoms with E-state index in [1.165, 1.54) is 11.8 Å². The van der Waals surface area contributed by atoms with Crippen molar-refractivity contribution < 1.29 is 10.0 Å². The SMILES string of the molecule is CN1Cc2cc(C(=O)NO)cnc2C[Si]1Cc1ccccc1. The van der Waals surface area contributed by atoms with Crippen LogP contribution in [0, 0.1) is 0 Å². The second-order valence-electron chi connectivity index (χ2n) is 5.53. The smallest absolute Gasteiger partial charge is 0.276 e. The second kappa shape index (κ2) is 6.39. The van der Waals surface area contributed by atoms with Gasteiger partial charge in [0.05, 0.1) is 5.56 Å². The summed E-state index contributed by atoms with van der Waals surface area (Å²) < 4.78 is 2.39. The summed E-state index contributed by atoms with van der Waals surface area (Å²) in [5.74, 6) is -0.515. The molecule has 1 amide bonds. The maximum Gasteiger partial charge on any atom is 0.276 e. The molecule has 113 valence electrons. The Morgan fingerprint density at radius 1 is 1.41 bits per heavy atom. The zero-order valence-corrected chi connectivity index (χ0v) is 13.4. The lowest BCUT2D eigenvalue weighted by molar-refractivity contribution is 0.0705. The Kier molecular flexibility index (Phi) is 4.33. The highest BCUT2D eigenvalue weighted by Gasteiger charge is 2.27. The van der Waals surface area contributed by atoms with Gasteiger partial charge in [-0.2, -0.15) is 0 Å². The third-order valence-corrected chi connectivity index (χ3v) is 6.79. The molecule has 3 rings (SSSR count). The Bertz CT molecular complexity index is 678. The molecule has 1 aromatic carbocycles. The van der Waals surface area contributed by atoms with Crippen LogP contribution >= 0.6 is 0 Å². The third-order valence-electron chi connectivity index (χ3n) is 3.99. The third kappa shape index (κ3) is 3.09. The van der Waals surface area contributed by atoms with E-state index in [1.54, 1.807) is 5.48 Å². The van der Waals surface area contributed by atoms with Gasteiger partial charge >= 0.3 is 0 Å². The van der Waals surface area contributed by atoms with Crippen molar-refractivity contribution in [1.82, 2.24) is 15.0 Å². The summed E-state index contributed by atoms with van der Waals surface area (Å²) in [6.07, 6.45) is 1.54. The molecule has 0 bridgehead atoms. The van der Waals surface area contributed by atoms with E-state index in [2.05, 4.69) is 40.9 Å². The minimum Gasteiger partial charge on any atom is -0.322 e. The fraction of sp³-hybridized carbons (Fsp3) is 0.250. The first kappa shape index (κ1) is 14.9. The quantitative estimate of drug-likeness (QED) is 0.512. The van der Waals surface area contributed by atoms with E-state index < -0.39 is 14.9 Å². The number of rotatable bonds is 3. The molecule has 2 heterocycles. The molecule has 6 heteroatoms. The molecule has 0 aliphatic carbocycles. The minimum absolute atomic E-state index is 0.397. The Hall–Kier alpha value is -2.02. The Morgan fingerprint density at radius 3 is 2.91 bits per heavy atom. The first-order valence-corrected chi connectivity index (χ1v) is 9.05. The molecular weight excluding hydrogens is 294 g/mol. The van der Waals surface area contributed by atoms with E-state index in [9.17, 15) is 4.79 Å². The van der Waals surface area contributed by atoms with Crippen molar-refractivity contribution in [3.05, 3.63) is 65.0 Å². The van der Waals surface area contributed by atoms with Crippen LogP contribution in [0.15, 0.2) is 42.6 Å². The van der Waals surface area contributed by atoms with Crippen LogP contribution in [0.4, 0.5) is 0 Å². The van der Waals surface area contributed by atoms with E-state index in [0.29, 0.717) is 5.56 Å². The van der Waals surface area contributed by atoms with Gasteiger partial charge in [0.15, 0.2) is 0 Å². The highest BCUT2D eigenvalue weighted by atomic mass is 28.3. The van der Waals surface area contributed by atoms with Crippen molar-refractivity contribution >= 4 is 14.9 Å². The average molecular weight is 312 g/mol. The highest BCUT2D eigenvalue weighted by Crippen LogP contribution is 2.21. The molecule has 0 saturated carbocycles. The lowest BCUT2D eigenvalue weighted by Gasteiger charge is -2.32. The predicted molar refractivity (Wildman–Crippen MR) is 84.6 cm³/mol. The van der Waals surface area contributed by atoms with Gasteiger partial charge < -0.3 is 4.57 Å². The lowest BCUT2D eigenvalue weighted by atomic mass is 10.1. The summed E-state index contributed by atoms with van der Waals surface area (Å²) in [6, 6.07) is 14.4. The molecule has 1 radical (unpaired) electrons. The van der Waals surface area contributed by atoms with Crippen molar-refractivity contribution in [2.75, 3.05) is 7.05 Å². The molecular formula is C16H18N3O2Si. The van der Waals surface area contributed by atoms with E-state index in [0.717, 1.165) is 29.9 Å². The number of hydrogen-bond donors (Lipinski definition) is 2. The number of carbonyl (C=O) groups excluding carboxylic acids is 1. The van der Waals surface area contributed by atoms with Crippen LogP contribution in [0.3, 0.4) is 0 Å². The zero-order valence-electron chi connectivity index (χ0n) is 12.4. The summed E-state index contributed by atoms with van der Waals surface area (Å²) >= 11 is 0. The van der Waals surface area contributed by atoms with Crippen LogP contribution in [-0.4, -0.2) is 36.7 Å². The monoisotopic (exact) mass is 312 g/mol. The number of hydroxylamine groups is 1. The maximum atomic E-state index is 11.5. The van der Waals surface area contributed by atoms with Gasteiger partial charge in [0.1, 0.15) is 8.96 Å². The highest BCUT2D eigenvalue weighted by molar-refractivity contribution is 6.55. The predicted octanol–water partition coefficient (Wildman–Crippen LogP) is 1.50. The second-order valence-corrected chi connectivity index (χ2v) is 8.14. The van der Waals surface area contributed by atoms with Crippen LogP contribution in [0.5, 0.6) is 0 Å².